The van der Waals surface area contributed by atoms with E-state index in [-0.39, 0.29) is 6.54 Å². The molecule has 0 aliphatic rings. The summed E-state index contributed by atoms with van der Waals surface area (Å²) in [5, 5.41) is 5.36. The zero-order valence-corrected chi connectivity index (χ0v) is 22.4. The number of amides is 1. The van der Waals surface area contributed by atoms with Crippen LogP contribution in [0.4, 0.5) is 5.69 Å². The molecule has 1 heterocycles. The second kappa shape index (κ2) is 11.4. The first-order valence-corrected chi connectivity index (χ1v) is 13.8. The molecular weight excluding hydrogens is 557 g/mol. The summed E-state index contributed by atoms with van der Waals surface area (Å²) in [6, 6.07) is 21.6. The maximum absolute atomic E-state index is 12.5. The van der Waals surface area contributed by atoms with Crippen LogP contribution in [0.3, 0.4) is 0 Å². The molecule has 1 aromatic heterocycles. The van der Waals surface area contributed by atoms with Crippen LogP contribution in [-0.4, -0.2) is 26.8 Å². The lowest BCUT2D eigenvalue weighted by atomic mass is 10.2. The number of anilines is 1. The average Bonchev–Trinajstić information content (AvgIpc) is 3.31. The second-order valence-corrected chi connectivity index (χ2v) is 11.1. The van der Waals surface area contributed by atoms with Gasteiger partial charge in [0.15, 0.2) is 0 Å². The number of halogens is 3. The fourth-order valence-electron chi connectivity index (χ4n) is 3.44. The third-order valence-corrected chi connectivity index (χ3v) is 7.33. The van der Waals surface area contributed by atoms with E-state index < -0.39 is 15.9 Å². The molecule has 0 saturated carbocycles. The summed E-state index contributed by atoms with van der Waals surface area (Å²) >= 11 is 18.3. The van der Waals surface area contributed by atoms with E-state index in [2.05, 4.69) is 10.5 Å². The second-order valence-electron chi connectivity index (χ2n) is 7.93. The molecule has 4 aromatic rings. The molecule has 0 radical (unpaired) electrons. The lowest BCUT2D eigenvalue weighted by Crippen LogP contribution is -2.29. The third kappa shape index (κ3) is 6.72. The van der Waals surface area contributed by atoms with E-state index in [1.165, 1.54) is 22.7 Å². The molecule has 0 fully saturated rings. The predicted molar refractivity (Wildman–Crippen MR) is 148 cm³/mol. The van der Waals surface area contributed by atoms with E-state index in [9.17, 15) is 13.2 Å². The Morgan fingerprint density at radius 2 is 1.70 bits per heavy atom. The summed E-state index contributed by atoms with van der Waals surface area (Å²) in [5.41, 5.74) is 4.44. The van der Waals surface area contributed by atoms with Crippen molar-refractivity contribution in [2.75, 3.05) is 10.6 Å². The highest BCUT2D eigenvalue weighted by Crippen LogP contribution is 2.31. The van der Waals surface area contributed by atoms with Crippen molar-refractivity contribution in [2.45, 2.75) is 6.54 Å². The molecule has 0 bridgehead atoms. The van der Waals surface area contributed by atoms with Crippen LogP contribution in [0.1, 0.15) is 21.7 Å². The Morgan fingerprint density at radius 1 is 0.973 bits per heavy atom. The van der Waals surface area contributed by atoms with E-state index in [0.29, 0.717) is 49.0 Å². The first-order chi connectivity index (χ1) is 17.6. The molecule has 3 aromatic carbocycles. The molecule has 4 rings (SSSR count). The molecule has 1 N–H and O–H groups in total. The van der Waals surface area contributed by atoms with Crippen LogP contribution in [0.15, 0.2) is 88.4 Å². The topological polar surface area (TPSA) is 92.0 Å². The number of nitrogens with zero attached hydrogens (tertiary/aromatic N) is 2. The van der Waals surface area contributed by atoms with Gasteiger partial charge in [0, 0.05) is 21.2 Å². The van der Waals surface area contributed by atoms with E-state index in [4.69, 9.17) is 39.2 Å². The lowest BCUT2D eigenvalue weighted by Gasteiger charge is -2.23. The predicted octanol–water partition coefficient (Wildman–Crippen LogP) is 6.64. The first-order valence-electron chi connectivity index (χ1n) is 10.8. The van der Waals surface area contributed by atoms with Crippen molar-refractivity contribution in [2.24, 2.45) is 5.10 Å². The molecule has 190 valence electrons. The number of hydrazone groups is 1. The van der Waals surface area contributed by atoms with Gasteiger partial charge in [0.1, 0.15) is 11.5 Å². The summed E-state index contributed by atoms with van der Waals surface area (Å²) < 4.78 is 31.8. The highest BCUT2D eigenvalue weighted by molar-refractivity contribution is 7.92. The Labute approximate surface area is 229 Å². The summed E-state index contributed by atoms with van der Waals surface area (Å²) in [4.78, 5) is 12.5. The molecule has 0 saturated heterocycles. The van der Waals surface area contributed by atoms with Gasteiger partial charge >= 0.3 is 0 Å². The van der Waals surface area contributed by atoms with E-state index in [0.717, 1.165) is 6.26 Å². The summed E-state index contributed by atoms with van der Waals surface area (Å²) in [6.07, 6.45) is 2.47. The largest absolute Gasteiger partial charge is 0.455 e. The maximum atomic E-state index is 12.5. The van der Waals surface area contributed by atoms with Crippen molar-refractivity contribution in [1.29, 1.82) is 0 Å². The van der Waals surface area contributed by atoms with E-state index in [1.54, 1.807) is 66.7 Å². The number of carbonyl (C=O) groups is 1. The molecule has 7 nitrogen and oxygen atoms in total. The number of nitrogens with one attached hydrogen (secondary N) is 1. The van der Waals surface area contributed by atoms with Crippen molar-refractivity contribution in [3.8, 4) is 11.3 Å². The Balaban J connectivity index is 1.43. The molecule has 0 aliphatic heterocycles. The van der Waals surface area contributed by atoms with Gasteiger partial charge < -0.3 is 4.42 Å². The fraction of sp³-hybridized carbons (Fsp3) is 0.0769. The fourth-order valence-corrected chi connectivity index (χ4v) is 5.01. The van der Waals surface area contributed by atoms with Crippen molar-refractivity contribution >= 4 is 62.6 Å². The van der Waals surface area contributed by atoms with Gasteiger partial charge in [-0.1, -0.05) is 53.0 Å². The Hall–Kier alpha value is -3.30. The minimum Gasteiger partial charge on any atom is -0.455 e. The normalized spacial score (nSPS) is 11.6. The maximum Gasteiger partial charge on any atom is 0.271 e. The van der Waals surface area contributed by atoms with Crippen LogP contribution in [0, 0.1) is 0 Å². The van der Waals surface area contributed by atoms with Crippen LogP contribution >= 0.6 is 34.8 Å². The minimum absolute atomic E-state index is 0.0563. The number of carbonyl (C=O) groups excluding carboxylic acids is 1. The molecule has 0 atom stereocenters. The molecule has 0 spiro atoms. The zero-order valence-electron chi connectivity index (χ0n) is 19.4. The SMILES string of the molecule is CS(=O)(=O)N(Cc1ccccc1Cl)c1ccc(C(=O)N/N=C/c2ccc(-c3ccc(Cl)cc3Cl)o2)cc1. The number of rotatable bonds is 8. The van der Waals surface area contributed by atoms with Crippen molar-refractivity contribution in [3.05, 3.63) is 111 Å². The Morgan fingerprint density at radius 3 is 2.38 bits per heavy atom. The smallest absolute Gasteiger partial charge is 0.271 e. The van der Waals surface area contributed by atoms with Gasteiger partial charge in [-0.25, -0.2) is 13.8 Å². The standard InChI is InChI=1S/C26H20Cl3N3O4S/c1-37(34,35)32(16-18-4-2-3-5-23(18)28)20-9-6-17(7-10-20)26(33)31-30-15-21-11-13-25(36-21)22-12-8-19(27)14-24(22)29/h2-15H,16H2,1H3,(H,31,33)/b30-15+. The lowest BCUT2D eigenvalue weighted by molar-refractivity contribution is 0.0955. The van der Waals surface area contributed by atoms with Crippen LogP contribution in [0.2, 0.25) is 15.1 Å². The summed E-state index contributed by atoms with van der Waals surface area (Å²) in [6.45, 7) is 0.0563. The highest BCUT2D eigenvalue weighted by Gasteiger charge is 2.19. The molecule has 11 heteroatoms. The number of hydrogen-bond acceptors (Lipinski definition) is 5. The number of furan rings is 1. The van der Waals surface area contributed by atoms with Gasteiger partial charge in [0.25, 0.3) is 5.91 Å². The molecule has 37 heavy (non-hydrogen) atoms. The number of hydrogen-bond donors (Lipinski definition) is 1. The summed E-state index contributed by atoms with van der Waals surface area (Å²) in [5.74, 6) is 0.449. The van der Waals surface area contributed by atoms with Crippen LogP contribution in [0.25, 0.3) is 11.3 Å². The van der Waals surface area contributed by atoms with Crippen LogP contribution in [-0.2, 0) is 16.6 Å². The van der Waals surface area contributed by atoms with Crippen LogP contribution < -0.4 is 9.73 Å². The van der Waals surface area contributed by atoms with Gasteiger partial charge in [0.05, 0.1) is 29.7 Å². The first kappa shape index (κ1) is 26.8. The average molecular weight is 577 g/mol. The minimum atomic E-state index is -3.61. The Bertz CT molecular complexity index is 1570. The Kier molecular flexibility index (Phi) is 8.24. The van der Waals surface area contributed by atoms with E-state index >= 15 is 0 Å². The van der Waals surface area contributed by atoms with Gasteiger partial charge in [-0.2, -0.15) is 5.10 Å². The third-order valence-electron chi connectivity index (χ3n) is 5.27. The van der Waals surface area contributed by atoms with Gasteiger partial charge in [-0.05, 0) is 66.2 Å². The van der Waals surface area contributed by atoms with Gasteiger partial charge in [-0.3, -0.25) is 9.10 Å². The summed E-state index contributed by atoms with van der Waals surface area (Å²) in [7, 11) is -3.61. The number of benzene rings is 3. The monoisotopic (exact) mass is 575 g/mol. The molecule has 0 unspecified atom stereocenters. The van der Waals surface area contributed by atoms with Crippen LogP contribution in [0.5, 0.6) is 0 Å². The van der Waals surface area contributed by atoms with Gasteiger partial charge in [-0.15, -0.1) is 0 Å². The molecule has 1 amide bonds. The van der Waals surface area contributed by atoms with Gasteiger partial charge in [0.2, 0.25) is 10.0 Å². The molecular formula is C26H20Cl3N3O4S. The van der Waals surface area contributed by atoms with Crippen molar-refractivity contribution < 1.29 is 17.6 Å². The molecule has 0 aliphatic carbocycles. The van der Waals surface area contributed by atoms with E-state index in [1.807, 2.05) is 0 Å². The van der Waals surface area contributed by atoms with Crippen molar-refractivity contribution in [1.82, 2.24) is 5.43 Å². The highest BCUT2D eigenvalue weighted by atomic mass is 35.5. The number of sulfonamides is 1. The van der Waals surface area contributed by atoms with Crippen molar-refractivity contribution in [3.63, 3.8) is 0 Å². The quantitative estimate of drug-likeness (QED) is 0.188. The zero-order chi connectivity index (χ0) is 26.6.